The zero-order valence-corrected chi connectivity index (χ0v) is 10.3. The van der Waals surface area contributed by atoms with Crippen molar-refractivity contribution in [3.63, 3.8) is 0 Å². The maximum absolute atomic E-state index is 11.7. The number of esters is 1. The molecule has 0 fully saturated rings. The highest BCUT2D eigenvalue weighted by atomic mass is 16.5. The number of amides is 1. The minimum Gasteiger partial charge on any atom is -0.455 e. The first-order chi connectivity index (χ1) is 8.56. The molecular formula is C11H14N4O3. The highest BCUT2D eigenvalue weighted by Crippen LogP contribution is 2.09. The first-order valence-corrected chi connectivity index (χ1v) is 5.56. The number of hydrazone groups is 1. The summed E-state index contributed by atoms with van der Waals surface area (Å²) in [4.78, 5) is 22.9. The minimum absolute atomic E-state index is 0.101. The molecule has 96 valence electrons. The summed E-state index contributed by atoms with van der Waals surface area (Å²) in [5.74, 6) is -0.601. The summed E-state index contributed by atoms with van der Waals surface area (Å²) in [5.41, 5.74) is 0.944. The molecule has 1 aliphatic rings. The van der Waals surface area contributed by atoms with Gasteiger partial charge < -0.3 is 4.74 Å². The molecule has 0 radical (unpaired) electrons. The van der Waals surface area contributed by atoms with Gasteiger partial charge in [-0.3, -0.25) is 9.48 Å². The molecule has 0 bridgehead atoms. The van der Waals surface area contributed by atoms with Gasteiger partial charge in [-0.15, -0.1) is 0 Å². The number of hydrogen-bond acceptors (Lipinski definition) is 5. The van der Waals surface area contributed by atoms with Crippen LogP contribution in [0, 0.1) is 0 Å². The Balaban J connectivity index is 1.92. The number of ether oxygens (including phenoxy) is 1. The van der Waals surface area contributed by atoms with Crippen molar-refractivity contribution in [3.8, 4) is 0 Å². The number of aromatic nitrogens is 2. The van der Waals surface area contributed by atoms with Gasteiger partial charge in [0.1, 0.15) is 12.3 Å². The smallest absolute Gasteiger partial charge is 0.354 e. The van der Waals surface area contributed by atoms with Crippen LogP contribution in [0.25, 0.3) is 0 Å². The van der Waals surface area contributed by atoms with E-state index in [9.17, 15) is 9.59 Å². The zero-order valence-electron chi connectivity index (χ0n) is 10.3. The topological polar surface area (TPSA) is 76.8 Å². The summed E-state index contributed by atoms with van der Waals surface area (Å²) >= 11 is 0. The van der Waals surface area contributed by atoms with Crippen LogP contribution >= 0.6 is 0 Å². The molecule has 1 amide bonds. The molecule has 2 heterocycles. The van der Waals surface area contributed by atoms with E-state index in [-0.39, 0.29) is 24.6 Å². The Kier molecular flexibility index (Phi) is 3.40. The maximum atomic E-state index is 11.7. The number of hydrogen-bond donors (Lipinski definition) is 0. The van der Waals surface area contributed by atoms with Crippen LogP contribution in [0.15, 0.2) is 17.4 Å². The molecule has 0 aliphatic carbocycles. The standard InChI is InChI=1S/C11H14N4O3/c1-14-6-5-8(12-14)7-18-11(17)9-3-4-10(16)15(2)13-9/h5-6H,3-4,7H2,1-2H3. The molecule has 1 aromatic heterocycles. The number of carbonyl (C=O) groups excluding carboxylic acids is 2. The lowest BCUT2D eigenvalue weighted by molar-refractivity contribution is -0.137. The second-order valence-corrected chi connectivity index (χ2v) is 4.02. The molecule has 0 saturated heterocycles. The Bertz CT molecular complexity index is 506. The molecule has 0 aromatic carbocycles. The largest absolute Gasteiger partial charge is 0.455 e. The second-order valence-electron chi connectivity index (χ2n) is 4.02. The van der Waals surface area contributed by atoms with E-state index in [0.29, 0.717) is 12.1 Å². The zero-order chi connectivity index (χ0) is 13.1. The lowest BCUT2D eigenvalue weighted by atomic mass is 10.2. The Morgan fingerprint density at radius 1 is 1.44 bits per heavy atom. The third-order valence-electron chi connectivity index (χ3n) is 2.56. The van der Waals surface area contributed by atoms with Gasteiger partial charge >= 0.3 is 5.97 Å². The number of carbonyl (C=O) groups is 2. The van der Waals surface area contributed by atoms with E-state index in [1.807, 2.05) is 0 Å². The van der Waals surface area contributed by atoms with Crippen molar-refractivity contribution in [2.24, 2.45) is 12.1 Å². The van der Waals surface area contributed by atoms with Crippen LogP contribution in [0.3, 0.4) is 0 Å². The Morgan fingerprint density at radius 2 is 2.22 bits per heavy atom. The number of rotatable bonds is 3. The van der Waals surface area contributed by atoms with E-state index < -0.39 is 5.97 Å². The maximum Gasteiger partial charge on any atom is 0.354 e. The molecular weight excluding hydrogens is 236 g/mol. The summed E-state index contributed by atoms with van der Waals surface area (Å²) in [6.45, 7) is 0.107. The molecule has 1 aliphatic heterocycles. The molecule has 1 aromatic rings. The SMILES string of the molecule is CN1N=C(C(=O)OCc2ccn(C)n2)CCC1=O. The van der Waals surface area contributed by atoms with Crippen molar-refractivity contribution in [3.05, 3.63) is 18.0 Å². The Morgan fingerprint density at radius 3 is 2.83 bits per heavy atom. The van der Waals surface area contributed by atoms with Crippen LogP contribution in [-0.4, -0.2) is 39.4 Å². The Labute approximate surface area is 104 Å². The normalized spacial score (nSPS) is 15.6. The van der Waals surface area contributed by atoms with Crippen molar-refractivity contribution < 1.29 is 14.3 Å². The average Bonchev–Trinajstić information content (AvgIpc) is 2.75. The minimum atomic E-state index is -0.500. The first-order valence-electron chi connectivity index (χ1n) is 5.56. The first kappa shape index (κ1) is 12.3. The summed E-state index contributed by atoms with van der Waals surface area (Å²) < 4.78 is 6.71. The van der Waals surface area contributed by atoms with E-state index >= 15 is 0 Å². The lowest BCUT2D eigenvalue weighted by Crippen LogP contribution is -2.32. The monoisotopic (exact) mass is 250 g/mol. The van der Waals surface area contributed by atoms with Crippen LogP contribution in [0.5, 0.6) is 0 Å². The summed E-state index contributed by atoms with van der Waals surface area (Å²) in [6.07, 6.45) is 2.38. The van der Waals surface area contributed by atoms with Crippen molar-refractivity contribution in [1.82, 2.24) is 14.8 Å². The predicted octanol–water partition coefficient (Wildman–Crippen LogP) is 0.0715. The van der Waals surface area contributed by atoms with Crippen molar-refractivity contribution in [1.29, 1.82) is 0 Å². The molecule has 0 unspecified atom stereocenters. The molecule has 0 saturated carbocycles. The van der Waals surface area contributed by atoms with Crippen LogP contribution < -0.4 is 0 Å². The van der Waals surface area contributed by atoms with Crippen molar-refractivity contribution in [2.45, 2.75) is 19.4 Å². The third kappa shape index (κ3) is 2.73. The number of aryl methyl sites for hydroxylation is 1. The van der Waals surface area contributed by atoms with Gasteiger partial charge in [-0.1, -0.05) is 0 Å². The molecule has 7 nitrogen and oxygen atoms in total. The molecule has 0 spiro atoms. The lowest BCUT2D eigenvalue weighted by Gasteiger charge is -2.18. The van der Waals surface area contributed by atoms with E-state index in [1.165, 1.54) is 12.1 Å². The van der Waals surface area contributed by atoms with E-state index in [4.69, 9.17) is 4.74 Å². The van der Waals surface area contributed by atoms with Crippen molar-refractivity contribution >= 4 is 17.6 Å². The molecule has 0 atom stereocenters. The van der Waals surface area contributed by atoms with Gasteiger partial charge in [0.15, 0.2) is 0 Å². The fourth-order valence-corrected chi connectivity index (χ4v) is 1.58. The van der Waals surface area contributed by atoms with E-state index in [0.717, 1.165) is 0 Å². The molecule has 0 N–H and O–H groups in total. The van der Waals surface area contributed by atoms with Gasteiger partial charge in [0, 0.05) is 33.1 Å². The van der Waals surface area contributed by atoms with E-state index in [1.54, 1.807) is 24.0 Å². The quantitative estimate of drug-likeness (QED) is 0.711. The fourth-order valence-electron chi connectivity index (χ4n) is 1.58. The van der Waals surface area contributed by atoms with Gasteiger partial charge in [-0.2, -0.15) is 10.2 Å². The molecule has 2 rings (SSSR count). The number of nitrogens with zero attached hydrogens (tertiary/aromatic N) is 4. The van der Waals surface area contributed by atoms with Crippen LogP contribution in [0.2, 0.25) is 0 Å². The summed E-state index contributed by atoms with van der Waals surface area (Å²) in [6, 6.07) is 1.77. The average molecular weight is 250 g/mol. The van der Waals surface area contributed by atoms with Crippen LogP contribution in [0.1, 0.15) is 18.5 Å². The molecule has 7 heteroatoms. The second kappa shape index (κ2) is 4.99. The Hall–Kier alpha value is -2.18. The summed E-state index contributed by atoms with van der Waals surface area (Å²) in [7, 11) is 3.31. The van der Waals surface area contributed by atoms with Crippen LogP contribution in [0.4, 0.5) is 0 Å². The highest BCUT2D eigenvalue weighted by molar-refractivity contribution is 6.37. The van der Waals surface area contributed by atoms with Crippen LogP contribution in [-0.2, 0) is 28.0 Å². The van der Waals surface area contributed by atoms with Crippen molar-refractivity contribution in [2.75, 3.05) is 7.05 Å². The van der Waals surface area contributed by atoms with Gasteiger partial charge in [0.05, 0.1) is 5.69 Å². The van der Waals surface area contributed by atoms with E-state index in [2.05, 4.69) is 10.2 Å². The molecule has 18 heavy (non-hydrogen) atoms. The third-order valence-corrected chi connectivity index (χ3v) is 2.56. The van der Waals surface area contributed by atoms with Gasteiger partial charge in [0.2, 0.25) is 5.91 Å². The fraction of sp³-hybridized carbons (Fsp3) is 0.455. The highest BCUT2D eigenvalue weighted by Gasteiger charge is 2.23. The summed E-state index contributed by atoms with van der Waals surface area (Å²) in [5, 5.41) is 9.14. The van der Waals surface area contributed by atoms with Gasteiger partial charge in [0.25, 0.3) is 0 Å². The predicted molar refractivity (Wildman–Crippen MR) is 62.4 cm³/mol. The van der Waals surface area contributed by atoms with Gasteiger partial charge in [-0.05, 0) is 6.07 Å². The van der Waals surface area contributed by atoms with Gasteiger partial charge in [-0.25, -0.2) is 9.80 Å².